The molecule has 0 spiro atoms. The highest BCUT2D eigenvalue weighted by atomic mass is 35.5. The molecule has 0 aliphatic heterocycles. The Bertz CT molecular complexity index is 824. The van der Waals surface area contributed by atoms with Crippen LogP contribution in [0, 0.1) is 10.1 Å². The SMILES string of the molecule is O=[N+]([O-])c1cccc(Oc2cc(-c3cccs3)nc(Cl)n2)c1. The van der Waals surface area contributed by atoms with Crippen molar-refractivity contribution in [2.45, 2.75) is 0 Å². The number of nitrogens with zero attached hydrogens (tertiary/aromatic N) is 3. The zero-order valence-corrected chi connectivity index (χ0v) is 12.5. The van der Waals surface area contributed by atoms with Crippen molar-refractivity contribution in [3.63, 3.8) is 0 Å². The average molecular weight is 334 g/mol. The number of non-ortho nitro benzene ring substituents is 1. The number of benzene rings is 1. The van der Waals surface area contributed by atoms with Gasteiger partial charge in [0.1, 0.15) is 5.75 Å². The number of hydrogen-bond donors (Lipinski definition) is 0. The van der Waals surface area contributed by atoms with E-state index in [0.29, 0.717) is 11.4 Å². The Morgan fingerprint density at radius 3 is 2.77 bits per heavy atom. The van der Waals surface area contributed by atoms with Gasteiger partial charge in [-0.25, -0.2) is 4.98 Å². The molecule has 0 unspecified atom stereocenters. The van der Waals surface area contributed by atoms with Crippen molar-refractivity contribution >= 4 is 28.6 Å². The first-order valence-electron chi connectivity index (χ1n) is 6.12. The highest BCUT2D eigenvalue weighted by Gasteiger charge is 2.10. The summed E-state index contributed by atoms with van der Waals surface area (Å²) in [4.78, 5) is 19.3. The maximum atomic E-state index is 10.8. The smallest absolute Gasteiger partial charge is 0.273 e. The fraction of sp³-hybridized carbons (Fsp3) is 0. The number of halogens is 1. The van der Waals surface area contributed by atoms with Gasteiger partial charge in [0.2, 0.25) is 11.2 Å². The van der Waals surface area contributed by atoms with Crippen LogP contribution in [0.5, 0.6) is 11.6 Å². The number of nitro groups is 1. The normalized spacial score (nSPS) is 10.4. The Morgan fingerprint density at radius 2 is 2.05 bits per heavy atom. The number of hydrogen-bond acceptors (Lipinski definition) is 6. The molecule has 0 aliphatic rings. The first-order valence-corrected chi connectivity index (χ1v) is 7.38. The highest BCUT2D eigenvalue weighted by molar-refractivity contribution is 7.13. The highest BCUT2D eigenvalue weighted by Crippen LogP contribution is 2.29. The minimum absolute atomic E-state index is 0.0475. The van der Waals surface area contributed by atoms with Crippen LogP contribution in [0.1, 0.15) is 0 Å². The van der Waals surface area contributed by atoms with E-state index in [0.717, 1.165) is 4.88 Å². The van der Waals surface area contributed by atoms with E-state index < -0.39 is 4.92 Å². The molecule has 8 heteroatoms. The van der Waals surface area contributed by atoms with E-state index in [4.69, 9.17) is 16.3 Å². The molecule has 0 N–H and O–H groups in total. The van der Waals surface area contributed by atoms with Crippen LogP contribution < -0.4 is 4.74 Å². The van der Waals surface area contributed by atoms with Gasteiger partial charge in [0.15, 0.2) is 0 Å². The van der Waals surface area contributed by atoms with Gasteiger partial charge in [-0.3, -0.25) is 10.1 Å². The van der Waals surface area contributed by atoms with E-state index in [1.165, 1.54) is 29.5 Å². The van der Waals surface area contributed by atoms with E-state index in [-0.39, 0.29) is 16.9 Å². The second-order valence-corrected chi connectivity index (χ2v) is 5.48. The molecule has 0 atom stereocenters. The molecule has 0 saturated carbocycles. The summed E-state index contributed by atoms with van der Waals surface area (Å²) in [5.74, 6) is 0.532. The molecule has 0 amide bonds. The lowest BCUT2D eigenvalue weighted by Gasteiger charge is -2.06. The van der Waals surface area contributed by atoms with Gasteiger partial charge in [-0.2, -0.15) is 4.98 Å². The zero-order valence-electron chi connectivity index (χ0n) is 11.0. The van der Waals surface area contributed by atoms with Gasteiger partial charge in [0, 0.05) is 12.1 Å². The van der Waals surface area contributed by atoms with Crippen LogP contribution in [0.4, 0.5) is 5.69 Å². The Balaban J connectivity index is 1.92. The van der Waals surface area contributed by atoms with Gasteiger partial charge < -0.3 is 4.74 Å². The number of ether oxygens (including phenoxy) is 1. The predicted octanol–water partition coefficient (Wildman–Crippen LogP) is 4.56. The molecule has 3 aromatic rings. The maximum absolute atomic E-state index is 10.8. The van der Waals surface area contributed by atoms with E-state index in [1.807, 2.05) is 17.5 Å². The number of thiophene rings is 1. The quantitative estimate of drug-likeness (QED) is 0.397. The van der Waals surface area contributed by atoms with Crippen molar-refractivity contribution in [2.24, 2.45) is 0 Å². The molecular weight excluding hydrogens is 326 g/mol. The third-order valence-corrected chi connectivity index (χ3v) is 3.76. The lowest BCUT2D eigenvalue weighted by Crippen LogP contribution is -1.93. The van der Waals surface area contributed by atoms with Crippen LogP contribution in [0.25, 0.3) is 10.6 Å². The lowest BCUT2D eigenvalue weighted by atomic mass is 10.3. The molecule has 2 heterocycles. The molecule has 110 valence electrons. The second-order valence-electron chi connectivity index (χ2n) is 4.19. The summed E-state index contributed by atoms with van der Waals surface area (Å²) < 4.78 is 5.55. The molecule has 0 aliphatic carbocycles. The Kier molecular flexibility index (Phi) is 3.99. The second kappa shape index (κ2) is 6.08. The summed E-state index contributed by atoms with van der Waals surface area (Å²) in [6.45, 7) is 0. The summed E-state index contributed by atoms with van der Waals surface area (Å²) >= 11 is 7.42. The van der Waals surface area contributed by atoms with E-state index in [2.05, 4.69) is 9.97 Å². The van der Waals surface area contributed by atoms with Crippen LogP contribution in [0.3, 0.4) is 0 Å². The molecule has 0 bridgehead atoms. The first-order chi connectivity index (χ1) is 10.6. The van der Waals surface area contributed by atoms with Gasteiger partial charge in [0.25, 0.3) is 5.69 Å². The van der Waals surface area contributed by atoms with Crippen LogP contribution in [0.15, 0.2) is 47.8 Å². The number of rotatable bonds is 4. The van der Waals surface area contributed by atoms with Crippen molar-refractivity contribution in [3.05, 3.63) is 63.2 Å². The summed E-state index contributed by atoms with van der Waals surface area (Å²) in [5, 5.41) is 12.7. The molecule has 0 saturated heterocycles. The van der Waals surface area contributed by atoms with Gasteiger partial charge in [-0.05, 0) is 29.1 Å². The fourth-order valence-corrected chi connectivity index (χ4v) is 2.64. The lowest BCUT2D eigenvalue weighted by molar-refractivity contribution is -0.384. The molecule has 22 heavy (non-hydrogen) atoms. The van der Waals surface area contributed by atoms with E-state index >= 15 is 0 Å². The van der Waals surface area contributed by atoms with Crippen molar-refractivity contribution in [2.75, 3.05) is 0 Å². The first kappa shape index (κ1) is 14.4. The summed E-state index contributed by atoms with van der Waals surface area (Å²) in [5.41, 5.74) is 0.576. The Morgan fingerprint density at radius 1 is 1.18 bits per heavy atom. The molecule has 0 radical (unpaired) electrons. The summed E-state index contributed by atoms with van der Waals surface area (Å²) in [6.07, 6.45) is 0. The standard InChI is InChI=1S/C14H8ClN3O3S/c15-14-16-11(12-5-2-6-22-12)8-13(17-14)21-10-4-1-3-9(7-10)18(19)20/h1-8H. The monoisotopic (exact) mass is 333 g/mol. The Labute approximate surface area is 134 Å². The number of aromatic nitrogens is 2. The molecular formula is C14H8ClN3O3S. The zero-order chi connectivity index (χ0) is 15.5. The van der Waals surface area contributed by atoms with Gasteiger partial charge >= 0.3 is 0 Å². The van der Waals surface area contributed by atoms with E-state index in [1.54, 1.807) is 12.1 Å². The van der Waals surface area contributed by atoms with Gasteiger partial charge in [-0.1, -0.05) is 12.1 Å². The maximum Gasteiger partial charge on any atom is 0.273 e. The van der Waals surface area contributed by atoms with E-state index in [9.17, 15) is 10.1 Å². The minimum atomic E-state index is -0.489. The average Bonchev–Trinajstić information content (AvgIpc) is 3.01. The molecule has 6 nitrogen and oxygen atoms in total. The van der Waals surface area contributed by atoms with Crippen molar-refractivity contribution in [3.8, 4) is 22.2 Å². The van der Waals surface area contributed by atoms with Crippen LogP contribution in [-0.4, -0.2) is 14.9 Å². The van der Waals surface area contributed by atoms with Gasteiger partial charge in [0.05, 0.1) is 21.6 Å². The third-order valence-electron chi connectivity index (χ3n) is 2.70. The predicted molar refractivity (Wildman–Crippen MR) is 83.5 cm³/mol. The molecule has 0 fully saturated rings. The van der Waals surface area contributed by atoms with Crippen molar-refractivity contribution in [1.29, 1.82) is 0 Å². The largest absolute Gasteiger partial charge is 0.439 e. The minimum Gasteiger partial charge on any atom is -0.439 e. The third kappa shape index (κ3) is 3.21. The summed E-state index contributed by atoms with van der Waals surface area (Å²) in [7, 11) is 0. The van der Waals surface area contributed by atoms with Crippen molar-refractivity contribution < 1.29 is 9.66 Å². The molecule has 1 aromatic carbocycles. The van der Waals surface area contributed by atoms with Crippen LogP contribution in [0.2, 0.25) is 5.28 Å². The number of nitro benzene ring substituents is 1. The fourth-order valence-electron chi connectivity index (χ4n) is 1.78. The molecule has 3 rings (SSSR count). The van der Waals surface area contributed by atoms with Gasteiger partial charge in [-0.15, -0.1) is 11.3 Å². The van der Waals surface area contributed by atoms with Crippen LogP contribution >= 0.6 is 22.9 Å². The van der Waals surface area contributed by atoms with Crippen LogP contribution in [-0.2, 0) is 0 Å². The Hall–Kier alpha value is -2.51. The van der Waals surface area contributed by atoms with Crippen molar-refractivity contribution in [1.82, 2.24) is 9.97 Å². The summed E-state index contributed by atoms with van der Waals surface area (Å²) in [6, 6.07) is 11.3. The topological polar surface area (TPSA) is 78.2 Å². The molecule has 2 aromatic heterocycles.